The highest BCUT2D eigenvalue weighted by Crippen LogP contribution is 2.26. The van der Waals surface area contributed by atoms with E-state index in [4.69, 9.17) is 4.42 Å². The van der Waals surface area contributed by atoms with Crippen molar-refractivity contribution < 1.29 is 4.42 Å². The summed E-state index contributed by atoms with van der Waals surface area (Å²) in [6.45, 7) is 1.73. The Morgan fingerprint density at radius 1 is 0.920 bits per heavy atom. The topological polar surface area (TPSA) is 68.0 Å². The van der Waals surface area contributed by atoms with Gasteiger partial charge in [0.1, 0.15) is 11.1 Å². The first-order chi connectivity index (χ1) is 12.2. The first kappa shape index (κ1) is 15.1. The van der Waals surface area contributed by atoms with Crippen LogP contribution in [-0.4, -0.2) is 9.97 Å². The van der Waals surface area contributed by atoms with Crippen LogP contribution >= 0.6 is 0 Å². The number of aromatic nitrogens is 2. The summed E-state index contributed by atoms with van der Waals surface area (Å²) in [6.07, 6.45) is 0. The third-order valence-corrected chi connectivity index (χ3v) is 3.81. The van der Waals surface area contributed by atoms with Gasteiger partial charge in [-0.1, -0.05) is 48.5 Å². The SMILES string of the molecule is Cc1cc2nc(Nc3ccccc3)nc(-c3ccccc3)c2c(=O)o1. The van der Waals surface area contributed by atoms with Gasteiger partial charge in [0.05, 0.1) is 11.2 Å². The van der Waals surface area contributed by atoms with Crippen molar-refractivity contribution in [1.29, 1.82) is 0 Å². The van der Waals surface area contributed by atoms with Crippen LogP contribution in [0.1, 0.15) is 5.76 Å². The van der Waals surface area contributed by atoms with E-state index in [-0.39, 0.29) is 0 Å². The van der Waals surface area contributed by atoms with E-state index in [0.717, 1.165) is 11.3 Å². The molecule has 0 radical (unpaired) electrons. The number of hydrogen-bond acceptors (Lipinski definition) is 5. The fraction of sp³-hybridized carbons (Fsp3) is 0.0500. The quantitative estimate of drug-likeness (QED) is 0.607. The van der Waals surface area contributed by atoms with Crippen LogP contribution in [0.2, 0.25) is 0 Å². The Balaban J connectivity index is 1.96. The molecule has 0 spiro atoms. The molecule has 0 aliphatic heterocycles. The minimum Gasteiger partial charge on any atom is -0.428 e. The Morgan fingerprint density at radius 3 is 2.32 bits per heavy atom. The van der Waals surface area contributed by atoms with Crippen LogP contribution in [0, 0.1) is 6.92 Å². The molecule has 5 heteroatoms. The molecule has 2 heterocycles. The van der Waals surface area contributed by atoms with Crippen molar-refractivity contribution in [2.75, 3.05) is 5.32 Å². The minimum absolute atomic E-state index is 0.385. The summed E-state index contributed by atoms with van der Waals surface area (Å²) in [6, 6.07) is 21.0. The molecule has 0 amide bonds. The largest absolute Gasteiger partial charge is 0.428 e. The predicted molar refractivity (Wildman–Crippen MR) is 98.0 cm³/mol. The molecule has 0 saturated carbocycles. The number of benzene rings is 2. The maximum atomic E-state index is 12.4. The van der Waals surface area contributed by atoms with Crippen LogP contribution < -0.4 is 10.9 Å². The Kier molecular flexibility index (Phi) is 3.74. The number of nitrogens with one attached hydrogen (secondary N) is 1. The smallest absolute Gasteiger partial charge is 0.347 e. The molecule has 2 aromatic carbocycles. The van der Waals surface area contributed by atoms with Crippen LogP contribution in [0.3, 0.4) is 0 Å². The standard InChI is InChI=1S/C20H15N3O2/c1-13-12-16-17(19(24)25-13)18(14-8-4-2-5-9-14)23-20(22-16)21-15-10-6-3-7-11-15/h2-12H,1H3,(H,21,22,23). The molecule has 2 aromatic heterocycles. The van der Waals surface area contributed by atoms with E-state index >= 15 is 0 Å². The molecule has 0 atom stereocenters. The van der Waals surface area contributed by atoms with Gasteiger partial charge in [-0.2, -0.15) is 0 Å². The fourth-order valence-corrected chi connectivity index (χ4v) is 2.71. The Labute approximate surface area is 144 Å². The van der Waals surface area contributed by atoms with Crippen molar-refractivity contribution in [3.05, 3.63) is 82.9 Å². The van der Waals surface area contributed by atoms with Crippen molar-refractivity contribution in [2.24, 2.45) is 0 Å². The van der Waals surface area contributed by atoms with Crippen LogP contribution in [0.25, 0.3) is 22.2 Å². The lowest BCUT2D eigenvalue weighted by molar-refractivity contribution is 0.488. The molecule has 1 N–H and O–H groups in total. The van der Waals surface area contributed by atoms with Gasteiger partial charge in [-0.15, -0.1) is 0 Å². The van der Waals surface area contributed by atoms with Gasteiger partial charge >= 0.3 is 5.63 Å². The molecule has 0 bridgehead atoms. The average Bonchev–Trinajstić information content (AvgIpc) is 2.62. The Hall–Kier alpha value is -3.47. The molecule has 25 heavy (non-hydrogen) atoms. The Bertz CT molecular complexity index is 1090. The van der Waals surface area contributed by atoms with E-state index in [2.05, 4.69) is 15.3 Å². The summed E-state index contributed by atoms with van der Waals surface area (Å²) >= 11 is 0. The maximum absolute atomic E-state index is 12.4. The van der Waals surface area contributed by atoms with E-state index < -0.39 is 5.63 Å². The second-order valence-corrected chi connectivity index (χ2v) is 5.66. The van der Waals surface area contributed by atoms with Crippen molar-refractivity contribution in [2.45, 2.75) is 6.92 Å². The third kappa shape index (κ3) is 2.99. The van der Waals surface area contributed by atoms with Crippen molar-refractivity contribution in [3.8, 4) is 11.3 Å². The van der Waals surface area contributed by atoms with E-state index in [1.165, 1.54) is 0 Å². The number of nitrogens with zero attached hydrogens (tertiary/aromatic N) is 2. The summed E-state index contributed by atoms with van der Waals surface area (Å²) in [4.78, 5) is 21.5. The van der Waals surface area contributed by atoms with Crippen molar-refractivity contribution in [1.82, 2.24) is 9.97 Å². The molecule has 0 aliphatic rings. The maximum Gasteiger partial charge on any atom is 0.347 e. The highest BCUT2D eigenvalue weighted by molar-refractivity contribution is 5.92. The van der Waals surface area contributed by atoms with Gasteiger partial charge in [0.25, 0.3) is 0 Å². The molecule has 4 aromatic rings. The van der Waals surface area contributed by atoms with Gasteiger partial charge in [-0.3, -0.25) is 0 Å². The van der Waals surface area contributed by atoms with E-state index in [0.29, 0.717) is 28.3 Å². The van der Waals surface area contributed by atoms with Crippen molar-refractivity contribution >= 4 is 22.5 Å². The lowest BCUT2D eigenvalue weighted by Crippen LogP contribution is -2.07. The van der Waals surface area contributed by atoms with Gasteiger partial charge in [0, 0.05) is 17.3 Å². The first-order valence-electron chi connectivity index (χ1n) is 7.91. The van der Waals surface area contributed by atoms with Gasteiger partial charge < -0.3 is 9.73 Å². The minimum atomic E-state index is -0.430. The van der Waals surface area contributed by atoms with Crippen molar-refractivity contribution in [3.63, 3.8) is 0 Å². The molecule has 0 unspecified atom stereocenters. The summed E-state index contributed by atoms with van der Waals surface area (Å²) in [5.41, 5.74) is 2.39. The zero-order chi connectivity index (χ0) is 17.2. The molecule has 0 aliphatic carbocycles. The summed E-state index contributed by atoms with van der Waals surface area (Å²) in [7, 11) is 0. The number of anilines is 2. The van der Waals surface area contributed by atoms with Crippen LogP contribution in [-0.2, 0) is 0 Å². The number of rotatable bonds is 3. The molecule has 0 saturated heterocycles. The monoisotopic (exact) mass is 329 g/mol. The lowest BCUT2D eigenvalue weighted by atomic mass is 10.1. The first-order valence-corrected chi connectivity index (χ1v) is 7.91. The Morgan fingerprint density at radius 2 is 1.60 bits per heavy atom. The molecule has 0 fully saturated rings. The molecule has 122 valence electrons. The fourth-order valence-electron chi connectivity index (χ4n) is 2.71. The van der Waals surface area contributed by atoms with E-state index in [9.17, 15) is 4.79 Å². The van der Waals surface area contributed by atoms with Crippen LogP contribution in [0.4, 0.5) is 11.6 Å². The zero-order valence-corrected chi connectivity index (χ0v) is 13.6. The molecular formula is C20H15N3O2. The van der Waals surface area contributed by atoms with E-state index in [1.54, 1.807) is 13.0 Å². The summed E-state index contributed by atoms with van der Waals surface area (Å²) in [5, 5.41) is 3.57. The second-order valence-electron chi connectivity index (χ2n) is 5.66. The van der Waals surface area contributed by atoms with Gasteiger partial charge in [0.2, 0.25) is 5.95 Å². The average molecular weight is 329 g/mol. The number of hydrogen-bond donors (Lipinski definition) is 1. The van der Waals surface area contributed by atoms with Gasteiger partial charge in [-0.05, 0) is 19.1 Å². The van der Waals surface area contributed by atoms with E-state index in [1.807, 2.05) is 60.7 Å². The molecular weight excluding hydrogens is 314 g/mol. The normalized spacial score (nSPS) is 10.8. The zero-order valence-electron chi connectivity index (χ0n) is 13.6. The van der Waals surface area contributed by atoms with Gasteiger partial charge in [0.15, 0.2) is 0 Å². The number of aryl methyl sites for hydroxylation is 1. The lowest BCUT2D eigenvalue weighted by Gasteiger charge is -2.10. The predicted octanol–water partition coefficient (Wildman–Crippen LogP) is 4.30. The second kappa shape index (κ2) is 6.20. The molecule has 4 rings (SSSR count). The van der Waals surface area contributed by atoms with Crippen LogP contribution in [0.5, 0.6) is 0 Å². The van der Waals surface area contributed by atoms with Gasteiger partial charge in [-0.25, -0.2) is 14.8 Å². The number of para-hydroxylation sites is 1. The van der Waals surface area contributed by atoms with Crippen LogP contribution in [0.15, 0.2) is 75.9 Å². The summed E-state index contributed by atoms with van der Waals surface area (Å²) < 4.78 is 5.25. The highest BCUT2D eigenvalue weighted by atomic mass is 16.4. The summed E-state index contributed by atoms with van der Waals surface area (Å²) in [5.74, 6) is 0.948. The highest BCUT2D eigenvalue weighted by Gasteiger charge is 2.15. The number of fused-ring (bicyclic) bond motifs is 1. The molecule has 5 nitrogen and oxygen atoms in total. The third-order valence-electron chi connectivity index (χ3n) is 3.81.